The molecule has 160 valence electrons. The Kier molecular flexibility index (Phi) is 8.99. The smallest absolute Gasteiger partial charge is 0.296 e. The molecule has 0 aliphatic carbocycles. The molecular formula is C15H17BrClN3O7S2. The van der Waals surface area contributed by atoms with Crippen LogP contribution in [0.4, 0.5) is 11.4 Å². The second-order valence-electron chi connectivity index (χ2n) is 5.41. The van der Waals surface area contributed by atoms with Crippen molar-refractivity contribution in [1.82, 2.24) is 0 Å². The number of hydrogen-bond donors (Lipinski definition) is 3. The van der Waals surface area contributed by atoms with Gasteiger partial charge in [0.1, 0.15) is 16.3 Å². The molecule has 1 rings (SSSR count). The van der Waals surface area contributed by atoms with Crippen LogP contribution >= 0.6 is 27.5 Å². The molecule has 1 aromatic carbocycles. The monoisotopic (exact) mass is 529 g/mol. The van der Waals surface area contributed by atoms with Crippen LogP contribution < -0.4 is 10.5 Å². The molecule has 0 bridgehead atoms. The molecule has 0 heterocycles. The zero-order valence-corrected chi connectivity index (χ0v) is 18.7. The fourth-order valence-electron chi connectivity index (χ4n) is 1.77. The number of hydrogen-bond acceptors (Lipinski definition) is 8. The van der Waals surface area contributed by atoms with E-state index >= 15 is 0 Å². The molecule has 0 aliphatic heterocycles. The first-order chi connectivity index (χ1) is 13.2. The van der Waals surface area contributed by atoms with Gasteiger partial charge >= 0.3 is 0 Å². The molecule has 0 saturated heterocycles. The summed E-state index contributed by atoms with van der Waals surface area (Å²) in [7, 11) is -8.72. The van der Waals surface area contributed by atoms with Crippen molar-refractivity contribution in [2.24, 2.45) is 10.2 Å². The highest BCUT2D eigenvalue weighted by Gasteiger charge is 2.16. The van der Waals surface area contributed by atoms with Gasteiger partial charge in [-0.1, -0.05) is 24.8 Å². The summed E-state index contributed by atoms with van der Waals surface area (Å²) in [6, 6.07) is 2.87. The molecule has 0 aromatic heterocycles. The van der Waals surface area contributed by atoms with Crippen molar-refractivity contribution >= 4 is 59.1 Å². The van der Waals surface area contributed by atoms with E-state index < -0.39 is 35.9 Å². The fourth-order valence-corrected chi connectivity index (χ4v) is 3.61. The van der Waals surface area contributed by atoms with E-state index in [-0.39, 0.29) is 35.8 Å². The normalized spacial score (nSPS) is 12.9. The minimum absolute atomic E-state index is 0.0345. The third-order valence-electron chi connectivity index (χ3n) is 3.01. The Morgan fingerprint density at radius 2 is 1.90 bits per heavy atom. The van der Waals surface area contributed by atoms with Crippen LogP contribution in [0.2, 0.25) is 0 Å². The topological polar surface area (TPSA) is 169 Å². The lowest BCUT2D eigenvalue weighted by Crippen LogP contribution is -2.09. The highest BCUT2D eigenvalue weighted by Crippen LogP contribution is 2.35. The molecule has 0 aliphatic rings. The minimum atomic E-state index is -4.63. The van der Waals surface area contributed by atoms with Crippen LogP contribution in [-0.4, -0.2) is 38.3 Å². The average molecular weight is 531 g/mol. The molecule has 0 spiro atoms. The van der Waals surface area contributed by atoms with Crippen LogP contribution in [0.1, 0.15) is 6.42 Å². The van der Waals surface area contributed by atoms with Gasteiger partial charge in [-0.3, -0.25) is 9.11 Å². The van der Waals surface area contributed by atoms with Crippen molar-refractivity contribution in [3.8, 4) is 5.75 Å². The highest BCUT2D eigenvalue weighted by molar-refractivity contribution is 9.10. The van der Waals surface area contributed by atoms with E-state index in [0.717, 1.165) is 6.08 Å². The third-order valence-corrected chi connectivity index (χ3v) is 5.69. The van der Waals surface area contributed by atoms with E-state index in [0.29, 0.717) is 4.47 Å². The van der Waals surface area contributed by atoms with Gasteiger partial charge in [0, 0.05) is 10.5 Å². The van der Waals surface area contributed by atoms with Crippen LogP contribution in [0.5, 0.6) is 5.75 Å². The van der Waals surface area contributed by atoms with Crippen LogP contribution in [0.3, 0.4) is 0 Å². The summed E-state index contributed by atoms with van der Waals surface area (Å²) in [6.45, 7) is 6.69. The predicted molar refractivity (Wildman–Crippen MR) is 113 cm³/mol. The molecule has 0 unspecified atom stereocenters. The van der Waals surface area contributed by atoms with Crippen molar-refractivity contribution in [2.45, 2.75) is 6.42 Å². The standard InChI is InChI=1S/C15H17BrClN3O7S2/c1-9(6-15(10(2)17)29(24,25)26)19-20-13-8-14(12(18)7-11(13)16)27-4-3-5-28(21,22)23/h6-8H,1-5,18H2,(H,21,22,23)(H,24,25,26)/b15-6+,20-19?. The van der Waals surface area contributed by atoms with Gasteiger partial charge in [0.25, 0.3) is 20.2 Å². The Morgan fingerprint density at radius 1 is 1.28 bits per heavy atom. The van der Waals surface area contributed by atoms with Crippen molar-refractivity contribution in [2.75, 3.05) is 18.1 Å². The van der Waals surface area contributed by atoms with Gasteiger partial charge in [-0.25, -0.2) is 0 Å². The van der Waals surface area contributed by atoms with Crippen LogP contribution in [0.15, 0.2) is 61.7 Å². The first-order valence-corrected chi connectivity index (χ1v) is 11.7. The molecule has 0 fully saturated rings. The summed E-state index contributed by atoms with van der Waals surface area (Å²) in [6.07, 6.45) is 0.916. The first-order valence-electron chi connectivity index (χ1n) is 7.52. The van der Waals surface area contributed by atoms with E-state index in [9.17, 15) is 16.8 Å². The SMILES string of the molecule is C=C(/C=C(\C(=C)Cl)S(=O)(=O)O)N=Nc1cc(OCCCS(=O)(=O)O)c(N)cc1Br. The number of halogens is 2. The third kappa shape index (κ3) is 9.06. The number of azo groups is 1. The van der Waals surface area contributed by atoms with Crippen molar-refractivity contribution < 1.29 is 30.7 Å². The quantitative estimate of drug-likeness (QED) is 0.135. The van der Waals surface area contributed by atoms with Gasteiger partial charge in [0.05, 0.1) is 28.8 Å². The van der Waals surface area contributed by atoms with Gasteiger partial charge in [-0.15, -0.1) is 5.11 Å². The van der Waals surface area contributed by atoms with Crippen molar-refractivity contribution in [3.63, 3.8) is 0 Å². The summed E-state index contributed by atoms with van der Waals surface area (Å²) in [5.41, 5.74) is 6.13. The lowest BCUT2D eigenvalue weighted by Gasteiger charge is -2.10. The molecule has 1 aromatic rings. The van der Waals surface area contributed by atoms with E-state index in [4.69, 9.17) is 31.2 Å². The summed E-state index contributed by atoms with van der Waals surface area (Å²) in [5.74, 6) is -0.282. The lowest BCUT2D eigenvalue weighted by atomic mass is 10.2. The number of nitrogens with zero attached hydrogens (tertiary/aromatic N) is 2. The molecule has 10 nitrogen and oxygen atoms in total. The van der Waals surface area contributed by atoms with Gasteiger partial charge in [0.15, 0.2) is 0 Å². The molecule has 29 heavy (non-hydrogen) atoms. The van der Waals surface area contributed by atoms with Crippen LogP contribution in [0, 0.1) is 0 Å². The van der Waals surface area contributed by atoms with E-state index in [1.807, 2.05) is 0 Å². The van der Waals surface area contributed by atoms with Gasteiger partial charge in [0.2, 0.25) is 0 Å². The van der Waals surface area contributed by atoms with E-state index in [1.165, 1.54) is 12.1 Å². The molecule has 4 N–H and O–H groups in total. The average Bonchev–Trinajstić information content (AvgIpc) is 2.54. The summed E-state index contributed by atoms with van der Waals surface area (Å²) in [4.78, 5) is -0.678. The van der Waals surface area contributed by atoms with Crippen molar-refractivity contribution in [3.05, 3.63) is 51.5 Å². The second-order valence-corrected chi connectivity index (χ2v) is 9.68. The maximum Gasteiger partial charge on any atom is 0.296 e. The zero-order valence-electron chi connectivity index (χ0n) is 14.7. The Hall–Kier alpha value is -1.77. The second kappa shape index (κ2) is 10.3. The Morgan fingerprint density at radius 3 is 2.41 bits per heavy atom. The van der Waals surface area contributed by atoms with Gasteiger partial charge < -0.3 is 10.5 Å². The fraction of sp³-hybridized carbons (Fsp3) is 0.200. The number of nitrogen functional groups attached to an aromatic ring is 1. The van der Waals surface area contributed by atoms with Gasteiger partial charge in [-0.2, -0.15) is 21.9 Å². The number of ether oxygens (including phenoxy) is 1. The van der Waals surface area contributed by atoms with Crippen molar-refractivity contribution in [1.29, 1.82) is 0 Å². The molecule has 14 heteroatoms. The number of benzene rings is 1. The molecule has 0 amide bonds. The number of nitrogens with two attached hydrogens (primary N) is 1. The maximum atomic E-state index is 11.2. The van der Waals surface area contributed by atoms with E-state index in [1.54, 1.807) is 0 Å². The highest BCUT2D eigenvalue weighted by atomic mass is 79.9. The summed E-state index contributed by atoms with van der Waals surface area (Å²) < 4.78 is 67.5. The minimum Gasteiger partial charge on any atom is -0.491 e. The Bertz CT molecular complexity index is 1080. The predicted octanol–water partition coefficient (Wildman–Crippen LogP) is 3.81. The molecular weight excluding hydrogens is 514 g/mol. The Labute approximate surface area is 181 Å². The number of rotatable bonds is 10. The van der Waals surface area contributed by atoms with Crippen LogP contribution in [-0.2, 0) is 20.2 Å². The number of anilines is 1. The lowest BCUT2D eigenvalue weighted by molar-refractivity contribution is 0.318. The van der Waals surface area contributed by atoms with E-state index in [2.05, 4.69) is 39.3 Å². The zero-order chi connectivity index (χ0) is 22.4. The summed E-state index contributed by atoms with van der Waals surface area (Å²) >= 11 is 8.76. The summed E-state index contributed by atoms with van der Waals surface area (Å²) in [5, 5.41) is 7.18. The van der Waals surface area contributed by atoms with Gasteiger partial charge in [-0.05, 0) is 34.5 Å². The molecule has 0 saturated carbocycles. The molecule has 0 atom stereocenters. The largest absolute Gasteiger partial charge is 0.491 e. The first kappa shape index (κ1) is 25.3. The molecule has 0 radical (unpaired) electrons. The van der Waals surface area contributed by atoms with Crippen LogP contribution in [0.25, 0.3) is 0 Å². The maximum absolute atomic E-state index is 11.2. The number of allylic oxidation sites excluding steroid dienone is 2. The Balaban J connectivity index is 3.01.